The summed E-state index contributed by atoms with van der Waals surface area (Å²) in [4.78, 5) is 19.2. The molecule has 242 valence electrons. The zero-order valence-electron chi connectivity index (χ0n) is 23.7. The van der Waals surface area contributed by atoms with Gasteiger partial charge in [-0.3, -0.25) is 9.36 Å². The van der Waals surface area contributed by atoms with Crippen molar-refractivity contribution in [3.05, 3.63) is 116 Å². The van der Waals surface area contributed by atoms with Crippen molar-refractivity contribution in [1.82, 2.24) is 4.57 Å². The van der Waals surface area contributed by atoms with Crippen LogP contribution < -0.4 is 10.3 Å². The van der Waals surface area contributed by atoms with Crippen LogP contribution in [-0.4, -0.2) is 29.5 Å². The third kappa shape index (κ3) is 6.19. The maximum atomic E-state index is 15.7. The van der Waals surface area contributed by atoms with E-state index >= 15 is 8.78 Å². The highest BCUT2D eigenvalue weighted by Crippen LogP contribution is 2.43. The van der Waals surface area contributed by atoms with E-state index in [-0.39, 0.29) is 33.2 Å². The van der Waals surface area contributed by atoms with Crippen LogP contribution in [-0.2, 0) is 17.4 Å². The third-order valence-corrected chi connectivity index (χ3v) is 8.52. The number of hydrogen-bond donors (Lipinski definition) is 0. The van der Waals surface area contributed by atoms with Crippen molar-refractivity contribution in [2.45, 2.75) is 37.0 Å². The van der Waals surface area contributed by atoms with Gasteiger partial charge in [-0.15, -0.1) is 24.9 Å². The number of aromatic nitrogens is 1. The van der Waals surface area contributed by atoms with Crippen LogP contribution in [0.4, 0.5) is 39.5 Å². The molecule has 5 nitrogen and oxygen atoms in total. The number of hydrogen-bond acceptors (Lipinski definition) is 5. The summed E-state index contributed by atoms with van der Waals surface area (Å²) in [6, 6.07) is 9.28. The highest BCUT2D eigenvalue weighted by atomic mass is 32.2. The molecule has 5 rings (SSSR count). The van der Waals surface area contributed by atoms with Crippen LogP contribution in [0, 0.1) is 24.4 Å². The number of alkyl halides is 6. The molecule has 0 amide bonds. The molecular formula is C31H21F9N2O3S. The predicted octanol–water partition coefficient (Wildman–Crippen LogP) is 8.45. The molecule has 0 fully saturated rings. The molecular weight excluding hydrogens is 651 g/mol. The number of oxime groups is 1. The van der Waals surface area contributed by atoms with Crippen LogP contribution in [0.3, 0.4) is 0 Å². The third-order valence-electron chi connectivity index (χ3n) is 7.32. The summed E-state index contributed by atoms with van der Waals surface area (Å²) in [6.45, 7) is 1.27. The number of halogens is 9. The van der Waals surface area contributed by atoms with Gasteiger partial charge >= 0.3 is 12.5 Å². The first-order chi connectivity index (χ1) is 21.6. The minimum absolute atomic E-state index is 0.0369. The Morgan fingerprint density at radius 3 is 2.26 bits per heavy atom. The molecule has 0 spiro atoms. The van der Waals surface area contributed by atoms with Gasteiger partial charge in [0, 0.05) is 28.9 Å². The molecule has 0 bridgehead atoms. The lowest BCUT2D eigenvalue weighted by molar-refractivity contribution is -0.275. The first-order valence-electron chi connectivity index (χ1n) is 13.3. The Balaban J connectivity index is 1.83. The standard InChI is InChI=1S/C31H21F9N2O3S/c1-15-18(13-19-20(30(35,36)37)9-6-11-22(19)33)29-42(23(14-46-29)27(41-44-2)16-7-3-4-10-21(16)32)28(43)25(15)17-8-5-12-24(26(17)34)45-31(38,39)40/h3-12,23H,13-14H2,1-2H3/b41-27+. The molecule has 0 saturated heterocycles. The van der Waals surface area contributed by atoms with Crippen molar-refractivity contribution in [3.63, 3.8) is 0 Å². The summed E-state index contributed by atoms with van der Waals surface area (Å²) in [5, 5.41) is 3.98. The lowest BCUT2D eigenvalue weighted by Crippen LogP contribution is -2.32. The van der Waals surface area contributed by atoms with E-state index < -0.39 is 76.0 Å². The number of pyridine rings is 1. The Bertz CT molecular complexity index is 1900. The van der Waals surface area contributed by atoms with Gasteiger partial charge in [0.25, 0.3) is 5.56 Å². The first-order valence-corrected chi connectivity index (χ1v) is 14.3. The zero-order valence-corrected chi connectivity index (χ0v) is 24.5. The number of rotatable bonds is 7. The van der Waals surface area contributed by atoms with E-state index in [1.54, 1.807) is 0 Å². The van der Waals surface area contributed by atoms with Crippen molar-refractivity contribution in [3.8, 4) is 16.9 Å². The normalized spacial score (nSPS) is 15.2. The lowest BCUT2D eigenvalue weighted by atomic mass is 9.92. The Labute approximate surface area is 259 Å². The number of nitrogens with zero attached hydrogens (tertiary/aromatic N) is 2. The molecule has 1 aliphatic heterocycles. The molecule has 15 heteroatoms. The summed E-state index contributed by atoms with van der Waals surface area (Å²) in [5.41, 5.74) is -4.56. The summed E-state index contributed by atoms with van der Waals surface area (Å²) in [6.07, 6.45) is -11.0. The average molecular weight is 673 g/mol. The van der Waals surface area contributed by atoms with Crippen LogP contribution in [0.25, 0.3) is 11.1 Å². The monoisotopic (exact) mass is 672 g/mol. The Morgan fingerprint density at radius 2 is 1.61 bits per heavy atom. The second-order valence-electron chi connectivity index (χ2n) is 10.0. The number of thioether (sulfide) groups is 1. The molecule has 4 aromatic rings. The average Bonchev–Trinajstić information content (AvgIpc) is 3.41. The van der Waals surface area contributed by atoms with Crippen LogP contribution in [0.2, 0.25) is 0 Å². The van der Waals surface area contributed by atoms with E-state index in [2.05, 4.69) is 9.89 Å². The summed E-state index contributed by atoms with van der Waals surface area (Å²) in [7, 11) is 1.16. The molecule has 46 heavy (non-hydrogen) atoms. The van der Waals surface area contributed by atoms with Gasteiger partial charge in [0.15, 0.2) is 11.6 Å². The SMILES string of the molecule is CO/N=C(\c1ccccc1F)C1CSc2c(Cc3c(F)cccc3C(F)(F)F)c(C)c(-c3cccc(OC(F)(F)F)c3F)c(=O)n21. The molecule has 0 radical (unpaired) electrons. The Kier molecular flexibility index (Phi) is 8.90. The minimum atomic E-state index is -5.29. The minimum Gasteiger partial charge on any atom is -0.403 e. The summed E-state index contributed by atoms with van der Waals surface area (Å²) < 4.78 is 132. The van der Waals surface area contributed by atoms with Crippen molar-refractivity contribution in [2.75, 3.05) is 12.9 Å². The molecule has 2 heterocycles. The van der Waals surface area contributed by atoms with Crippen LogP contribution in [0.5, 0.6) is 5.75 Å². The second-order valence-corrected chi connectivity index (χ2v) is 11.0. The molecule has 1 unspecified atom stereocenters. The zero-order chi connectivity index (χ0) is 33.6. The van der Waals surface area contributed by atoms with Crippen LogP contribution in [0.1, 0.15) is 33.9 Å². The van der Waals surface area contributed by atoms with E-state index in [0.29, 0.717) is 12.1 Å². The molecule has 1 aromatic heterocycles. The quantitative estimate of drug-likeness (QED) is 0.112. The molecule has 0 aliphatic carbocycles. The fraction of sp³-hybridized carbons (Fsp3) is 0.226. The fourth-order valence-corrected chi connectivity index (χ4v) is 6.74. The number of benzene rings is 3. The van der Waals surface area contributed by atoms with E-state index in [1.807, 2.05) is 0 Å². The number of ether oxygens (including phenoxy) is 1. The van der Waals surface area contributed by atoms with E-state index in [0.717, 1.165) is 53.8 Å². The maximum absolute atomic E-state index is 15.7. The molecule has 0 N–H and O–H groups in total. The van der Waals surface area contributed by atoms with Crippen molar-refractivity contribution in [1.29, 1.82) is 0 Å². The van der Waals surface area contributed by atoms with Crippen LogP contribution in [0.15, 0.2) is 75.6 Å². The highest BCUT2D eigenvalue weighted by molar-refractivity contribution is 7.99. The van der Waals surface area contributed by atoms with Gasteiger partial charge in [-0.1, -0.05) is 35.5 Å². The van der Waals surface area contributed by atoms with Gasteiger partial charge in [0.2, 0.25) is 0 Å². The highest BCUT2D eigenvalue weighted by Gasteiger charge is 2.39. The van der Waals surface area contributed by atoms with Gasteiger partial charge in [-0.25, -0.2) is 13.2 Å². The van der Waals surface area contributed by atoms with Gasteiger partial charge in [0.05, 0.1) is 22.2 Å². The van der Waals surface area contributed by atoms with E-state index in [1.165, 1.54) is 25.1 Å². The van der Waals surface area contributed by atoms with Crippen LogP contribution >= 0.6 is 11.8 Å². The molecule has 3 aromatic carbocycles. The lowest BCUT2D eigenvalue weighted by Gasteiger charge is -2.23. The van der Waals surface area contributed by atoms with Crippen molar-refractivity contribution >= 4 is 17.5 Å². The fourth-order valence-electron chi connectivity index (χ4n) is 5.37. The smallest absolute Gasteiger partial charge is 0.403 e. The van der Waals surface area contributed by atoms with Gasteiger partial charge < -0.3 is 9.57 Å². The van der Waals surface area contributed by atoms with Crippen molar-refractivity contribution < 1.29 is 49.1 Å². The van der Waals surface area contributed by atoms with E-state index in [9.17, 15) is 35.5 Å². The number of fused-ring (bicyclic) bond motifs is 1. The second kappa shape index (κ2) is 12.4. The first kappa shape index (κ1) is 33.0. The largest absolute Gasteiger partial charge is 0.573 e. The summed E-state index contributed by atoms with van der Waals surface area (Å²) in [5.74, 6) is -4.83. The molecule has 1 aliphatic rings. The molecule has 0 saturated carbocycles. The Hall–Kier alpha value is -4.40. The van der Waals surface area contributed by atoms with Gasteiger partial charge in [-0.2, -0.15) is 13.2 Å². The maximum Gasteiger partial charge on any atom is 0.573 e. The van der Waals surface area contributed by atoms with E-state index in [4.69, 9.17) is 4.84 Å². The summed E-state index contributed by atoms with van der Waals surface area (Å²) >= 11 is 0.976. The topological polar surface area (TPSA) is 52.8 Å². The van der Waals surface area contributed by atoms with Gasteiger partial charge in [0.1, 0.15) is 24.5 Å². The van der Waals surface area contributed by atoms with Gasteiger partial charge in [-0.05, 0) is 48.4 Å². The molecule has 1 atom stereocenters. The Morgan fingerprint density at radius 1 is 0.935 bits per heavy atom. The van der Waals surface area contributed by atoms with Crippen molar-refractivity contribution in [2.24, 2.45) is 5.16 Å². The predicted molar refractivity (Wildman–Crippen MR) is 151 cm³/mol.